The smallest absolute Gasteiger partial charge is 0.269 e. The first-order chi connectivity index (χ1) is 8.04. The van der Waals surface area contributed by atoms with Gasteiger partial charge >= 0.3 is 0 Å². The number of dihydropyridines is 1. The molecule has 2 atom stereocenters. The largest absolute Gasteiger partial charge is 0.308 e. The van der Waals surface area contributed by atoms with Gasteiger partial charge in [-0.3, -0.25) is 15.1 Å². The molecule has 2 N–H and O–H groups in total. The van der Waals surface area contributed by atoms with Crippen LogP contribution in [0.2, 0.25) is 0 Å². The van der Waals surface area contributed by atoms with Crippen LogP contribution in [0.15, 0.2) is 41.4 Å². The Kier molecular flexibility index (Phi) is 3.08. The van der Waals surface area contributed by atoms with Gasteiger partial charge in [0, 0.05) is 18.3 Å². The lowest BCUT2D eigenvalue weighted by atomic mass is 9.94. The minimum absolute atomic E-state index is 0.0384. The standard InChI is InChI=1S/C11H10BrN3O2/c12-11(5-2-6-14-10(11)13)8-3-1-4-9(7-8)15(16)17/h1-7,10H,13H2. The Morgan fingerprint density at radius 3 is 2.94 bits per heavy atom. The quantitative estimate of drug-likeness (QED) is 0.515. The highest BCUT2D eigenvalue weighted by atomic mass is 79.9. The molecule has 1 aliphatic rings. The van der Waals surface area contributed by atoms with Gasteiger partial charge in [-0.1, -0.05) is 34.1 Å². The molecule has 2 rings (SSSR count). The molecule has 1 heterocycles. The molecule has 88 valence electrons. The van der Waals surface area contributed by atoms with Crippen LogP contribution in [0.3, 0.4) is 0 Å². The summed E-state index contributed by atoms with van der Waals surface area (Å²) in [7, 11) is 0. The topological polar surface area (TPSA) is 81.5 Å². The molecule has 0 saturated heterocycles. The van der Waals surface area contributed by atoms with Gasteiger partial charge in [0.05, 0.1) is 4.92 Å². The van der Waals surface area contributed by atoms with Crippen molar-refractivity contribution in [1.29, 1.82) is 0 Å². The van der Waals surface area contributed by atoms with Crippen LogP contribution in [0.25, 0.3) is 0 Å². The molecule has 6 heteroatoms. The zero-order chi connectivity index (χ0) is 12.5. The van der Waals surface area contributed by atoms with Gasteiger partial charge in [-0.25, -0.2) is 0 Å². The van der Waals surface area contributed by atoms with Crippen LogP contribution in [0.1, 0.15) is 5.56 Å². The number of nitrogens with two attached hydrogens (primary N) is 1. The van der Waals surface area contributed by atoms with Gasteiger partial charge in [0.1, 0.15) is 10.5 Å². The van der Waals surface area contributed by atoms with E-state index in [9.17, 15) is 10.1 Å². The van der Waals surface area contributed by atoms with E-state index >= 15 is 0 Å². The van der Waals surface area contributed by atoms with Crippen LogP contribution in [0.5, 0.6) is 0 Å². The second-order valence-electron chi connectivity index (χ2n) is 3.68. The van der Waals surface area contributed by atoms with Crippen LogP contribution in [0, 0.1) is 10.1 Å². The maximum absolute atomic E-state index is 10.7. The van der Waals surface area contributed by atoms with E-state index in [1.165, 1.54) is 12.1 Å². The number of non-ortho nitro benzene ring substituents is 1. The third kappa shape index (κ3) is 2.13. The summed E-state index contributed by atoms with van der Waals surface area (Å²) in [5.74, 6) is 0. The highest BCUT2D eigenvalue weighted by molar-refractivity contribution is 9.09. The number of allylic oxidation sites excluding steroid dienone is 1. The van der Waals surface area contributed by atoms with E-state index in [0.717, 1.165) is 0 Å². The molecule has 0 radical (unpaired) electrons. The van der Waals surface area contributed by atoms with Crippen molar-refractivity contribution in [3.05, 3.63) is 52.1 Å². The van der Waals surface area contributed by atoms with Crippen LogP contribution >= 0.6 is 15.9 Å². The van der Waals surface area contributed by atoms with E-state index < -0.39 is 15.4 Å². The summed E-state index contributed by atoms with van der Waals surface area (Å²) in [4.78, 5) is 14.4. The van der Waals surface area contributed by atoms with Crippen molar-refractivity contribution in [2.75, 3.05) is 0 Å². The van der Waals surface area contributed by atoms with Gasteiger partial charge in [0.2, 0.25) is 0 Å². The predicted octanol–water partition coefficient (Wildman–Crippen LogP) is 2.11. The number of aliphatic imine (C=N–C) groups is 1. The molecule has 17 heavy (non-hydrogen) atoms. The maximum atomic E-state index is 10.7. The molecule has 5 nitrogen and oxygen atoms in total. The van der Waals surface area contributed by atoms with E-state index in [4.69, 9.17) is 5.73 Å². The lowest BCUT2D eigenvalue weighted by Crippen LogP contribution is -2.39. The Morgan fingerprint density at radius 1 is 1.53 bits per heavy atom. The van der Waals surface area contributed by atoms with E-state index in [1.807, 2.05) is 6.08 Å². The fourth-order valence-electron chi connectivity index (χ4n) is 1.66. The normalized spacial score (nSPS) is 27.1. The number of hydrogen-bond acceptors (Lipinski definition) is 4. The first kappa shape index (κ1) is 11.9. The van der Waals surface area contributed by atoms with Crippen LogP contribution in [0.4, 0.5) is 5.69 Å². The van der Waals surface area contributed by atoms with Crippen molar-refractivity contribution in [2.24, 2.45) is 10.7 Å². The third-order valence-electron chi connectivity index (χ3n) is 2.60. The Labute approximate surface area is 106 Å². The average molecular weight is 296 g/mol. The molecule has 1 aromatic rings. The van der Waals surface area contributed by atoms with Crippen LogP contribution < -0.4 is 5.73 Å². The molecule has 2 unspecified atom stereocenters. The summed E-state index contributed by atoms with van der Waals surface area (Å²) in [6.45, 7) is 0. The Balaban J connectivity index is 2.46. The number of benzene rings is 1. The van der Waals surface area contributed by atoms with Gasteiger partial charge in [-0.15, -0.1) is 0 Å². The Bertz CT molecular complexity index is 515. The van der Waals surface area contributed by atoms with E-state index in [0.29, 0.717) is 5.56 Å². The molecular weight excluding hydrogens is 286 g/mol. The molecular formula is C11H10BrN3O2. The lowest BCUT2D eigenvalue weighted by molar-refractivity contribution is -0.384. The van der Waals surface area contributed by atoms with Gasteiger partial charge in [-0.2, -0.15) is 0 Å². The number of rotatable bonds is 2. The fourth-order valence-corrected chi connectivity index (χ4v) is 2.17. The van der Waals surface area contributed by atoms with E-state index in [1.54, 1.807) is 24.4 Å². The fraction of sp³-hybridized carbons (Fsp3) is 0.182. The molecule has 0 spiro atoms. The number of nitro benzene ring substituents is 1. The summed E-state index contributed by atoms with van der Waals surface area (Å²) >= 11 is 3.50. The molecule has 0 amide bonds. The molecule has 0 fully saturated rings. The highest BCUT2D eigenvalue weighted by Gasteiger charge is 2.35. The first-order valence-electron chi connectivity index (χ1n) is 4.94. The summed E-state index contributed by atoms with van der Waals surface area (Å²) in [6.07, 6.45) is 4.71. The zero-order valence-electron chi connectivity index (χ0n) is 8.79. The van der Waals surface area contributed by atoms with E-state index in [-0.39, 0.29) is 5.69 Å². The molecule has 0 aliphatic carbocycles. The highest BCUT2D eigenvalue weighted by Crippen LogP contribution is 2.38. The monoisotopic (exact) mass is 295 g/mol. The third-order valence-corrected chi connectivity index (χ3v) is 3.79. The van der Waals surface area contributed by atoms with Gasteiger partial charge in [-0.05, 0) is 11.6 Å². The predicted molar refractivity (Wildman–Crippen MR) is 69.3 cm³/mol. The van der Waals surface area contributed by atoms with E-state index in [2.05, 4.69) is 20.9 Å². The van der Waals surface area contributed by atoms with Crippen molar-refractivity contribution in [1.82, 2.24) is 0 Å². The minimum Gasteiger partial charge on any atom is -0.308 e. The summed E-state index contributed by atoms with van der Waals surface area (Å²) < 4.78 is -0.687. The molecule has 1 aromatic carbocycles. The lowest BCUT2D eigenvalue weighted by Gasteiger charge is -2.30. The summed E-state index contributed by atoms with van der Waals surface area (Å²) in [5.41, 5.74) is 6.66. The summed E-state index contributed by atoms with van der Waals surface area (Å²) in [6, 6.07) is 6.36. The van der Waals surface area contributed by atoms with Crippen molar-refractivity contribution in [3.63, 3.8) is 0 Å². The van der Waals surface area contributed by atoms with Gasteiger partial charge in [0.15, 0.2) is 0 Å². The molecule has 0 aromatic heterocycles. The minimum atomic E-state index is -0.687. The van der Waals surface area contributed by atoms with Gasteiger partial charge in [0.25, 0.3) is 5.69 Å². The Morgan fingerprint density at radius 2 is 2.29 bits per heavy atom. The van der Waals surface area contributed by atoms with Gasteiger partial charge < -0.3 is 5.73 Å². The van der Waals surface area contributed by atoms with Crippen molar-refractivity contribution < 1.29 is 4.92 Å². The summed E-state index contributed by atoms with van der Waals surface area (Å²) in [5, 5.41) is 10.7. The Hall–Kier alpha value is -1.53. The maximum Gasteiger partial charge on any atom is 0.269 e. The number of nitrogens with zero attached hydrogens (tertiary/aromatic N) is 2. The van der Waals surface area contributed by atoms with Crippen molar-refractivity contribution in [3.8, 4) is 0 Å². The zero-order valence-corrected chi connectivity index (χ0v) is 10.4. The number of halogens is 1. The second kappa shape index (κ2) is 4.38. The number of hydrogen-bond donors (Lipinski definition) is 1. The van der Waals surface area contributed by atoms with Crippen LogP contribution in [-0.4, -0.2) is 17.3 Å². The SMILES string of the molecule is NC1N=CC=CC1(Br)c1cccc([N+](=O)[O-])c1. The average Bonchev–Trinajstić information content (AvgIpc) is 2.33. The number of nitro groups is 1. The molecule has 0 saturated carbocycles. The molecule has 1 aliphatic heterocycles. The second-order valence-corrected chi connectivity index (χ2v) is 4.99. The first-order valence-corrected chi connectivity index (χ1v) is 5.74. The number of alkyl halides is 1. The van der Waals surface area contributed by atoms with Crippen LogP contribution in [-0.2, 0) is 4.32 Å². The molecule has 0 bridgehead atoms. The van der Waals surface area contributed by atoms with Crippen molar-refractivity contribution in [2.45, 2.75) is 10.5 Å². The van der Waals surface area contributed by atoms with Crippen molar-refractivity contribution >= 4 is 27.8 Å².